The van der Waals surface area contributed by atoms with Gasteiger partial charge in [0.2, 0.25) is 0 Å². The Bertz CT molecular complexity index is 347. The van der Waals surface area contributed by atoms with E-state index in [2.05, 4.69) is 46.1 Å². The maximum absolute atomic E-state index is 3.63. The van der Waals surface area contributed by atoms with Crippen molar-refractivity contribution in [2.75, 3.05) is 13.1 Å². The average Bonchev–Trinajstić information content (AvgIpc) is 2.77. The lowest BCUT2D eigenvalue weighted by molar-refractivity contribution is 0.0914. The van der Waals surface area contributed by atoms with Gasteiger partial charge in [-0.15, -0.1) is 11.3 Å². The molecule has 0 unspecified atom stereocenters. The van der Waals surface area contributed by atoms with E-state index in [0.29, 0.717) is 5.41 Å². The molecule has 0 bridgehead atoms. The summed E-state index contributed by atoms with van der Waals surface area (Å²) >= 11 is 5.49. The van der Waals surface area contributed by atoms with E-state index in [1.54, 1.807) is 0 Å². The molecule has 0 spiro atoms. The molecule has 1 aliphatic heterocycles. The first kappa shape index (κ1) is 13.6. The van der Waals surface area contributed by atoms with Crippen LogP contribution in [0.5, 0.6) is 0 Å². The van der Waals surface area contributed by atoms with Crippen LogP contribution in [0, 0.1) is 5.41 Å². The third-order valence-electron chi connectivity index (χ3n) is 4.47. The molecule has 0 atom stereocenters. The Morgan fingerprint density at radius 2 is 1.94 bits per heavy atom. The van der Waals surface area contributed by atoms with Crippen molar-refractivity contribution in [1.29, 1.82) is 0 Å². The van der Waals surface area contributed by atoms with Crippen LogP contribution in [0.25, 0.3) is 0 Å². The van der Waals surface area contributed by atoms with Gasteiger partial charge in [0.1, 0.15) is 0 Å². The average molecular weight is 316 g/mol. The molecule has 0 aromatic carbocycles. The number of hydrogen-bond acceptors (Lipinski definition) is 2. The minimum atomic E-state index is 0.642. The lowest BCUT2D eigenvalue weighted by Gasteiger charge is -2.41. The molecule has 17 heavy (non-hydrogen) atoms. The molecule has 2 heterocycles. The van der Waals surface area contributed by atoms with Crippen molar-refractivity contribution in [3.63, 3.8) is 0 Å². The molecule has 0 radical (unpaired) electrons. The van der Waals surface area contributed by atoms with Gasteiger partial charge in [0.25, 0.3) is 0 Å². The van der Waals surface area contributed by atoms with Crippen LogP contribution >= 0.6 is 27.3 Å². The first-order valence-electron chi connectivity index (χ1n) is 6.63. The predicted octanol–water partition coefficient (Wildman–Crippen LogP) is 4.91. The van der Waals surface area contributed by atoms with E-state index in [1.807, 2.05) is 11.3 Å². The maximum Gasteiger partial charge on any atom is 0.0339 e. The molecule has 2 rings (SSSR count). The molecular formula is C14H22BrNS. The van der Waals surface area contributed by atoms with Crippen LogP contribution < -0.4 is 0 Å². The lowest BCUT2D eigenvalue weighted by Crippen LogP contribution is -2.39. The molecule has 3 heteroatoms. The summed E-state index contributed by atoms with van der Waals surface area (Å²) in [4.78, 5) is 4.09. The van der Waals surface area contributed by atoms with Crippen molar-refractivity contribution in [1.82, 2.24) is 4.90 Å². The Balaban J connectivity index is 1.89. The first-order valence-corrected chi connectivity index (χ1v) is 8.30. The Morgan fingerprint density at radius 3 is 2.41 bits per heavy atom. The molecule has 1 aromatic rings. The number of hydrogen-bond donors (Lipinski definition) is 0. The molecule has 0 amide bonds. The predicted molar refractivity (Wildman–Crippen MR) is 79.5 cm³/mol. The number of likely N-dealkylation sites (tertiary alicyclic amines) is 1. The molecule has 1 nitrogen and oxygen atoms in total. The number of nitrogens with zero attached hydrogens (tertiary/aromatic N) is 1. The standard InChI is InChI=1S/C14H22BrNS/c1-3-14(4-2)6-8-16(9-7-14)11-13-12(15)5-10-17-13/h5,10H,3-4,6-9,11H2,1-2H3. The van der Waals surface area contributed by atoms with Gasteiger partial charge >= 0.3 is 0 Å². The lowest BCUT2D eigenvalue weighted by atomic mass is 9.74. The van der Waals surface area contributed by atoms with Gasteiger partial charge in [-0.1, -0.05) is 26.7 Å². The normalized spacial score (nSPS) is 20.6. The summed E-state index contributed by atoms with van der Waals surface area (Å²) in [6.07, 6.45) is 5.45. The Morgan fingerprint density at radius 1 is 1.29 bits per heavy atom. The fourth-order valence-corrected chi connectivity index (χ4v) is 4.30. The minimum absolute atomic E-state index is 0.642. The monoisotopic (exact) mass is 315 g/mol. The van der Waals surface area contributed by atoms with Gasteiger partial charge in [-0.05, 0) is 58.7 Å². The second-order valence-corrected chi connectivity index (χ2v) is 7.03. The largest absolute Gasteiger partial charge is 0.298 e. The topological polar surface area (TPSA) is 3.24 Å². The Labute approximate surface area is 117 Å². The fourth-order valence-electron chi connectivity index (χ4n) is 2.78. The molecule has 1 saturated heterocycles. The summed E-state index contributed by atoms with van der Waals surface area (Å²) in [5, 5.41) is 2.17. The maximum atomic E-state index is 3.63. The van der Waals surface area contributed by atoms with Gasteiger partial charge in [0, 0.05) is 15.9 Å². The highest BCUT2D eigenvalue weighted by molar-refractivity contribution is 9.10. The van der Waals surface area contributed by atoms with Crippen molar-refractivity contribution in [3.8, 4) is 0 Å². The van der Waals surface area contributed by atoms with Crippen LogP contribution in [-0.2, 0) is 6.54 Å². The van der Waals surface area contributed by atoms with E-state index in [9.17, 15) is 0 Å². The smallest absolute Gasteiger partial charge is 0.0339 e. The third kappa shape index (κ3) is 3.12. The van der Waals surface area contributed by atoms with Crippen LogP contribution in [0.4, 0.5) is 0 Å². The minimum Gasteiger partial charge on any atom is -0.298 e. The van der Waals surface area contributed by atoms with Gasteiger partial charge in [-0.3, -0.25) is 4.90 Å². The highest BCUT2D eigenvalue weighted by Gasteiger charge is 2.31. The number of rotatable bonds is 4. The SMILES string of the molecule is CCC1(CC)CCN(Cc2sccc2Br)CC1. The molecule has 1 aromatic heterocycles. The van der Waals surface area contributed by atoms with Crippen LogP contribution in [0.3, 0.4) is 0 Å². The molecule has 0 aliphatic carbocycles. The van der Waals surface area contributed by atoms with Crippen molar-refractivity contribution < 1.29 is 0 Å². The van der Waals surface area contributed by atoms with Gasteiger partial charge < -0.3 is 0 Å². The Hall–Kier alpha value is 0.140. The number of piperidine rings is 1. The summed E-state index contributed by atoms with van der Waals surface area (Å²) in [5.74, 6) is 0. The Kier molecular flexibility index (Phi) is 4.67. The van der Waals surface area contributed by atoms with Crippen molar-refractivity contribution in [3.05, 3.63) is 20.8 Å². The van der Waals surface area contributed by atoms with E-state index >= 15 is 0 Å². The number of halogens is 1. The van der Waals surface area contributed by atoms with Crippen LogP contribution in [0.15, 0.2) is 15.9 Å². The van der Waals surface area contributed by atoms with Crippen LogP contribution in [-0.4, -0.2) is 18.0 Å². The van der Waals surface area contributed by atoms with E-state index in [1.165, 1.54) is 48.1 Å². The summed E-state index contributed by atoms with van der Waals surface area (Å²) in [6, 6.07) is 2.16. The molecule has 0 saturated carbocycles. The third-order valence-corrected chi connectivity index (χ3v) is 6.39. The van der Waals surface area contributed by atoms with Gasteiger partial charge in [-0.2, -0.15) is 0 Å². The van der Waals surface area contributed by atoms with E-state index in [-0.39, 0.29) is 0 Å². The molecular weight excluding hydrogens is 294 g/mol. The molecule has 1 aliphatic rings. The van der Waals surface area contributed by atoms with Crippen molar-refractivity contribution in [2.24, 2.45) is 5.41 Å². The van der Waals surface area contributed by atoms with Gasteiger partial charge in [0.15, 0.2) is 0 Å². The van der Waals surface area contributed by atoms with Crippen LogP contribution in [0.1, 0.15) is 44.4 Å². The summed E-state index contributed by atoms with van der Waals surface area (Å²) in [7, 11) is 0. The molecule has 1 fully saturated rings. The molecule has 96 valence electrons. The first-order chi connectivity index (χ1) is 8.19. The van der Waals surface area contributed by atoms with E-state index < -0.39 is 0 Å². The summed E-state index contributed by atoms with van der Waals surface area (Å²) in [5.41, 5.74) is 0.642. The molecule has 0 N–H and O–H groups in total. The van der Waals surface area contributed by atoms with E-state index in [0.717, 1.165) is 6.54 Å². The van der Waals surface area contributed by atoms with E-state index in [4.69, 9.17) is 0 Å². The zero-order valence-electron chi connectivity index (χ0n) is 10.8. The van der Waals surface area contributed by atoms with Crippen molar-refractivity contribution in [2.45, 2.75) is 46.1 Å². The second-order valence-electron chi connectivity index (χ2n) is 5.17. The quantitative estimate of drug-likeness (QED) is 0.762. The zero-order valence-corrected chi connectivity index (χ0v) is 13.2. The number of thiophene rings is 1. The van der Waals surface area contributed by atoms with Gasteiger partial charge in [-0.25, -0.2) is 0 Å². The highest BCUT2D eigenvalue weighted by Crippen LogP contribution is 2.38. The fraction of sp³-hybridized carbons (Fsp3) is 0.714. The highest BCUT2D eigenvalue weighted by atomic mass is 79.9. The van der Waals surface area contributed by atoms with Crippen LogP contribution in [0.2, 0.25) is 0 Å². The zero-order chi connectivity index (χ0) is 12.3. The summed E-state index contributed by atoms with van der Waals surface area (Å²) < 4.78 is 1.28. The second kappa shape index (κ2) is 5.85. The summed E-state index contributed by atoms with van der Waals surface area (Å²) in [6.45, 7) is 8.38. The van der Waals surface area contributed by atoms with Gasteiger partial charge in [0.05, 0.1) is 0 Å². The van der Waals surface area contributed by atoms with Crippen molar-refractivity contribution >= 4 is 27.3 Å².